The van der Waals surface area contributed by atoms with Crippen molar-refractivity contribution in [2.24, 2.45) is 17.1 Å². The second-order valence-corrected chi connectivity index (χ2v) is 5.72. The molecule has 98 valence electrons. The molecule has 0 unspecified atom stereocenters. The Morgan fingerprint density at radius 1 is 1.47 bits per heavy atom. The van der Waals surface area contributed by atoms with Crippen LogP contribution in [0.1, 0.15) is 32.6 Å². The van der Waals surface area contributed by atoms with Gasteiger partial charge in [0.15, 0.2) is 0 Å². The van der Waals surface area contributed by atoms with Gasteiger partial charge in [-0.2, -0.15) is 0 Å². The molecular weight excluding hydrogens is 216 g/mol. The normalized spacial score (nSPS) is 32.1. The number of amides is 1. The highest BCUT2D eigenvalue weighted by atomic mass is 16.5. The third-order valence-electron chi connectivity index (χ3n) is 4.11. The van der Waals surface area contributed by atoms with E-state index in [0.717, 1.165) is 32.2 Å². The first-order valence-electron chi connectivity index (χ1n) is 6.63. The molecule has 1 amide bonds. The summed E-state index contributed by atoms with van der Waals surface area (Å²) in [6.45, 7) is 4.03. The Bertz CT molecular complexity index is 283. The Hall–Kier alpha value is -0.610. The fourth-order valence-electron chi connectivity index (χ4n) is 3.03. The highest BCUT2D eigenvalue weighted by molar-refractivity contribution is 5.84. The third-order valence-corrected chi connectivity index (χ3v) is 4.11. The van der Waals surface area contributed by atoms with Crippen LogP contribution in [0, 0.1) is 11.3 Å². The van der Waals surface area contributed by atoms with Gasteiger partial charge in [-0.05, 0) is 31.6 Å². The first-order chi connectivity index (χ1) is 8.13. The molecule has 0 aromatic heterocycles. The Labute approximate surface area is 103 Å². The molecule has 2 rings (SSSR count). The van der Waals surface area contributed by atoms with Crippen molar-refractivity contribution in [3.05, 3.63) is 0 Å². The molecule has 4 heteroatoms. The lowest BCUT2D eigenvalue weighted by Gasteiger charge is -2.47. The maximum Gasteiger partial charge on any atom is 0.230 e. The van der Waals surface area contributed by atoms with Gasteiger partial charge < -0.3 is 15.4 Å². The second kappa shape index (κ2) is 4.94. The van der Waals surface area contributed by atoms with Crippen molar-refractivity contribution in [1.82, 2.24) is 4.90 Å². The number of nitrogens with zero attached hydrogens (tertiary/aromatic N) is 1. The van der Waals surface area contributed by atoms with Crippen LogP contribution in [0.2, 0.25) is 0 Å². The zero-order chi connectivity index (χ0) is 12.5. The largest absolute Gasteiger partial charge is 0.383 e. The van der Waals surface area contributed by atoms with Crippen LogP contribution in [0.3, 0.4) is 0 Å². The average molecular weight is 240 g/mol. The van der Waals surface area contributed by atoms with Crippen LogP contribution in [-0.2, 0) is 9.53 Å². The van der Waals surface area contributed by atoms with Crippen LogP contribution in [0.15, 0.2) is 0 Å². The molecule has 2 fully saturated rings. The molecule has 0 radical (unpaired) electrons. The van der Waals surface area contributed by atoms with Gasteiger partial charge in [0.25, 0.3) is 0 Å². The molecule has 0 atom stereocenters. The molecule has 2 saturated carbocycles. The van der Waals surface area contributed by atoms with Crippen molar-refractivity contribution >= 4 is 5.91 Å². The molecule has 0 aromatic carbocycles. The summed E-state index contributed by atoms with van der Waals surface area (Å²) >= 11 is 0. The molecule has 2 aliphatic rings. The Kier molecular flexibility index (Phi) is 3.73. The predicted octanol–water partition coefficient (Wildman–Crippen LogP) is 0.999. The number of rotatable bonds is 6. The molecule has 0 saturated heterocycles. The van der Waals surface area contributed by atoms with E-state index in [1.54, 1.807) is 7.11 Å². The number of hydrogen-bond acceptors (Lipinski definition) is 3. The lowest BCUT2D eigenvalue weighted by molar-refractivity contribution is -0.151. The molecule has 0 aromatic rings. The van der Waals surface area contributed by atoms with E-state index in [4.69, 9.17) is 10.5 Å². The Morgan fingerprint density at radius 2 is 2.12 bits per heavy atom. The fourth-order valence-corrected chi connectivity index (χ4v) is 3.03. The minimum Gasteiger partial charge on any atom is -0.383 e. The highest BCUT2D eigenvalue weighted by Crippen LogP contribution is 2.47. The van der Waals surface area contributed by atoms with Gasteiger partial charge in [0.05, 0.1) is 12.0 Å². The zero-order valence-corrected chi connectivity index (χ0v) is 10.9. The molecular formula is C13H24N2O2. The number of carbonyl (C=O) groups is 1. The van der Waals surface area contributed by atoms with Gasteiger partial charge >= 0.3 is 0 Å². The molecule has 0 heterocycles. The van der Waals surface area contributed by atoms with Crippen LogP contribution in [-0.4, -0.2) is 43.7 Å². The van der Waals surface area contributed by atoms with Crippen molar-refractivity contribution in [2.45, 2.75) is 38.6 Å². The first kappa shape index (κ1) is 12.8. The number of methoxy groups -OCH3 is 1. The van der Waals surface area contributed by atoms with Crippen LogP contribution in [0.25, 0.3) is 0 Å². The quantitative estimate of drug-likeness (QED) is 0.753. The van der Waals surface area contributed by atoms with Crippen LogP contribution < -0.4 is 5.73 Å². The monoisotopic (exact) mass is 240 g/mol. The Balaban J connectivity index is 1.99. The summed E-state index contributed by atoms with van der Waals surface area (Å²) in [5, 5.41) is 0. The molecule has 4 nitrogen and oxygen atoms in total. The van der Waals surface area contributed by atoms with Crippen molar-refractivity contribution in [2.75, 3.05) is 26.8 Å². The molecule has 0 spiro atoms. The maximum absolute atomic E-state index is 12.6. The predicted molar refractivity (Wildman–Crippen MR) is 66.5 cm³/mol. The second-order valence-electron chi connectivity index (χ2n) is 5.72. The smallest absolute Gasteiger partial charge is 0.230 e. The summed E-state index contributed by atoms with van der Waals surface area (Å²) in [5.74, 6) is 0.920. The van der Waals surface area contributed by atoms with Crippen molar-refractivity contribution in [1.29, 1.82) is 0 Å². The molecule has 2 N–H and O–H groups in total. The van der Waals surface area contributed by atoms with E-state index < -0.39 is 0 Å². The van der Waals surface area contributed by atoms with E-state index in [2.05, 4.69) is 6.92 Å². The lowest BCUT2D eigenvalue weighted by Crippen LogP contribution is -2.55. The van der Waals surface area contributed by atoms with Gasteiger partial charge in [0, 0.05) is 26.2 Å². The summed E-state index contributed by atoms with van der Waals surface area (Å²) in [7, 11) is 1.68. The molecule has 0 aliphatic heterocycles. The van der Waals surface area contributed by atoms with Gasteiger partial charge in [0.2, 0.25) is 5.91 Å². The molecule has 0 bridgehead atoms. The minimum absolute atomic E-state index is 0.254. The van der Waals surface area contributed by atoms with Crippen molar-refractivity contribution < 1.29 is 9.53 Å². The lowest BCUT2D eigenvalue weighted by atomic mass is 9.62. The fraction of sp³-hybridized carbons (Fsp3) is 0.923. The summed E-state index contributed by atoms with van der Waals surface area (Å²) in [5.41, 5.74) is 5.59. The standard InChI is InChI=1S/C13H24N2O2/c1-10-7-13(8-10,9-14)12(16)15(5-6-17-2)11-3-4-11/h10-11H,3-9,14H2,1-2H3. The number of hydrogen-bond donors (Lipinski definition) is 1. The number of nitrogens with two attached hydrogens (primary N) is 1. The average Bonchev–Trinajstić information content (AvgIpc) is 3.09. The summed E-state index contributed by atoms with van der Waals surface area (Å²) in [4.78, 5) is 14.6. The SMILES string of the molecule is COCCN(C(=O)C1(CN)CC(C)C1)C1CC1. The van der Waals surface area contributed by atoms with E-state index >= 15 is 0 Å². The third kappa shape index (κ3) is 2.47. The minimum atomic E-state index is -0.254. The summed E-state index contributed by atoms with van der Waals surface area (Å²) in [6, 6.07) is 0.456. The first-order valence-corrected chi connectivity index (χ1v) is 6.63. The molecule has 17 heavy (non-hydrogen) atoms. The maximum atomic E-state index is 12.6. The van der Waals surface area contributed by atoms with E-state index in [1.165, 1.54) is 0 Å². The van der Waals surface area contributed by atoms with Gasteiger partial charge in [-0.1, -0.05) is 6.92 Å². The molecule has 2 aliphatic carbocycles. The number of carbonyl (C=O) groups excluding carboxylic acids is 1. The van der Waals surface area contributed by atoms with Gasteiger partial charge in [-0.15, -0.1) is 0 Å². The summed E-state index contributed by atoms with van der Waals surface area (Å²) in [6.07, 6.45) is 4.20. The van der Waals surface area contributed by atoms with Gasteiger partial charge in [-0.3, -0.25) is 4.79 Å². The van der Waals surface area contributed by atoms with Crippen molar-refractivity contribution in [3.8, 4) is 0 Å². The topological polar surface area (TPSA) is 55.6 Å². The Morgan fingerprint density at radius 3 is 2.53 bits per heavy atom. The zero-order valence-electron chi connectivity index (χ0n) is 10.9. The van der Waals surface area contributed by atoms with E-state index in [0.29, 0.717) is 25.1 Å². The van der Waals surface area contributed by atoms with Crippen molar-refractivity contribution in [3.63, 3.8) is 0 Å². The number of ether oxygens (including phenoxy) is 1. The summed E-state index contributed by atoms with van der Waals surface area (Å²) < 4.78 is 5.09. The van der Waals surface area contributed by atoms with Crippen LogP contribution in [0.5, 0.6) is 0 Å². The van der Waals surface area contributed by atoms with E-state index in [9.17, 15) is 4.79 Å². The van der Waals surface area contributed by atoms with Gasteiger partial charge in [0.1, 0.15) is 0 Å². The van der Waals surface area contributed by atoms with E-state index in [1.807, 2.05) is 4.90 Å². The highest BCUT2D eigenvalue weighted by Gasteiger charge is 2.50. The van der Waals surface area contributed by atoms with Gasteiger partial charge in [-0.25, -0.2) is 0 Å². The van der Waals surface area contributed by atoms with E-state index in [-0.39, 0.29) is 11.3 Å². The van der Waals surface area contributed by atoms with Crippen LogP contribution in [0.4, 0.5) is 0 Å². The van der Waals surface area contributed by atoms with Crippen LogP contribution >= 0.6 is 0 Å².